The lowest BCUT2D eigenvalue weighted by atomic mass is 10.3. The van der Waals surface area contributed by atoms with Crippen LogP contribution >= 0.6 is 0 Å². The molecule has 4 nitrogen and oxygen atoms in total. The topological polar surface area (TPSA) is 39.1 Å². The van der Waals surface area contributed by atoms with Crippen molar-refractivity contribution in [1.82, 2.24) is 14.9 Å². The fourth-order valence-electron chi connectivity index (χ4n) is 1.54. The minimum Gasteiger partial charge on any atom is -0.383 e. The molecule has 0 spiro atoms. The van der Waals surface area contributed by atoms with E-state index in [1.165, 1.54) is 0 Å². The van der Waals surface area contributed by atoms with Crippen molar-refractivity contribution in [3.63, 3.8) is 0 Å². The summed E-state index contributed by atoms with van der Waals surface area (Å²) in [6, 6.07) is 0. The molecule has 0 aliphatic heterocycles. The third-order valence-electron chi connectivity index (χ3n) is 2.43. The van der Waals surface area contributed by atoms with E-state index in [0.29, 0.717) is 26.2 Å². The molecule has 0 aliphatic rings. The lowest BCUT2D eigenvalue weighted by Crippen LogP contribution is -2.21. The molecule has 0 aromatic carbocycles. The van der Waals surface area contributed by atoms with Gasteiger partial charge in [-0.25, -0.2) is 4.98 Å². The van der Waals surface area contributed by atoms with Gasteiger partial charge in [0.2, 0.25) is 0 Å². The van der Waals surface area contributed by atoms with Gasteiger partial charge < -0.3 is 14.6 Å². The summed E-state index contributed by atoms with van der Waals surface area (Å²) in [6.07, 6.45) is -1.48. The van der Waals surface area contributed by atoms with Gasteiger partial charge in [-0.2, -0.15) is 13.2 Å². The zero-order chi connectivity index (χ0) is 13.4. The first-order valence-electron chi connectivity index (χ1n) is 5.79. The van der Waals surface area contributed by atoms with E-state index in [9.17, 15) is 13.2 Å². The van der Waals surface area contributed by atoms with Crippen LogP contribution in [0.3, 0.4) is 0 Å². The van der Waals surface area contributed by atoms with Gasteiger partial charge in [0.1, 0.15) is 5.82 Å². The van der Waals surface area contributed by atoms with Crippen LogP contribution < -0.4 is 5.32 Å². The van der Waals surface area contributed by atoms with Crippen LogP contribution in [-0.4, -0.2) is 36.0 Å². The summed E-state index contributed by atoms with van der Waals surface area (Å²) >= 11 is 0. The van der Waals surface area contributed by atoms with Gasteiger partial charge in [-0.15, -0.1) is 0 Å². The van der Waals surface area contributed by atoms with Crippen molar-refractivity contribution in [2.45, 2.75) is 32.1 Å². The molecule has 1 aromatic rings. The third-order valence-corrected chi connectivity index (χ3v) is 2.43. The summed E-state index contributed by atoms with van der Waals surface area (Å²) in [5, 5.41) is 3.11. The molecule has 0 fully saturated rings. The summed E-state index contributed by atoms with van der Waals surface area (Å²) in [4.78, 5) is 4.11. The SMILES string of the molecule is COCCNCc1nccn1CCCC(F)(F)F. The fraction of sp³-hybridized carbons (Fsp3) is 0.727. The molecule has 0 aliphatic carbocycles. The van der Waals surface area contributed by atoms with Gasteiger partial charge in [-0.05, 0) is 6.42 Å². The number of aryl methyl sites for hydroxylation is 1. The lowest BCUT2D eigenvalue weighted by molar-refractivity contribution is -0.135. The van der Waals surface area contributed by atoms with Crippen LogP contribution in [0.1, 0.15) is 18.7 Å². The Kier molecular flexibility index (Phi) is 6.14. The number of halogens is 3. The van der Waals surface area contributed by atoms with Crippen LogP contribution in [0.4, 0.5) is 13.2 Å². The van der Waals surface area contributed by atoms with Gasteiger partial charge in [-0.1, -0.05) is 0 Å². The van der Waals surface area contributed by atoms with Crippen LogP contribution in [0.5, 0.6) is 0 Å². The number of rotatable bonds is 8. The number of alkyl halides is 3. The van der Waals surface area contributed by atoms with Crippen molar-refractivity contribution in [3.05, 3.63) is 18.2 Å². The van der Waals surface area contributed by atoms with E-state index in [1.807, 2.05) is 0 Å². The minimum atomic E-state index is -4.09. The van der Waals surface area contributed by atoms with Crippen molar-refractivity contribution in [2.24, 2.45) is 0 Å². The number of nitrogens with zero attached hydrogens (tertiary/aromatic N) is 2. The number of hydrogen-bond donors (Lipinski definition) is 1. The van der Waals surface area contributed by atoms with E-state index < -0.39 is 12.6 Å². The first-order valence-corrected chi connectivity index (χ1v) is 5.79. The number of imidazole rings is 1. The molecule has 104 valence electrons. The largest absolute Gasteiger partial charge is 0.389 e. The first kappa shape index (κ1) is 15.0. The van der Waals surface area contributed by atoms with Crippen molar-refractivity contribution >= 4 is 0 Å². The normalized spacial score (nSPS) is 12.0. The zero-order valence-electron chi connectivity index (χ0n) is 10.3. The first-order chi connectivity index (χ1) is 8.53. The molecule has 0 atom stereocenters. The Morgan fingerprint density at radius 3 is 2.89 bits per heavy atom. The Morgan fingerprint density at radius 2 is 2.22 bits per heavy atom. The summed E-state index contributed by atoms with van der Waals surface area (Å²) in [5.41, 5.74) is 0. The predicted molar refractivity (Wildman–Crippen MR) is 61.1 cm³/mol. The summed E-state index contributed by atoms with van der Waals surface area (Å²) in [7, 11) is 1.61. The maximum Gasteiger partial charge on any atom is 0.389 e. The van der Waals surface area contributed by atoms with Crippen molar-refractivity contribution in [3.8, 4) is 0 Å². The molecule has 18 heavy (non-hydrogen) atoms. The summed E-state index contributed by atoms with van der Waals surface area (Å²) in [5.74, 6) is 0.744. The third kappa shape index (κ3) is 6.02. The van der Waals surface area contributed by atoms with Crippen molar-refractivity contribution in [1.29, 1.82) is 0 Å². The second kappa shape index (κ2) is 7.38. The Bertz CT molecular complexity index is 339. The molecule has 1 N–H and O–H groups in total. The van der Waals surface area contributed by atoms with Crippen molar-refractivity contribution < 1.29 is 17.9 Å². The molecule has 1 rings (SSSR count). The second-order valence-electron chi connectivity index (χ2n) is 3.93. The molecule has 0 unspecified atom stereocenters. The number of methoxy groups -OCH3 is 1. The molecule has 0 bridgehead atoms. The van der Waals surface area contributed by atoms with Crippen LogP contribution in [-0.2, 0) is 17.8 Å². The minimum absolute atomic E-state index is 0.0743. The van der Waals surface area contributed by atoms with Gasteiger partial charge in [-0.3, -0.25) is 0 Å². The molecule has 1 aromatic heterocycles. The average Bonchev–Trinajstić information content (AvgIpc) is 2.71. The highest BCUT2D eigenvalue weighted by atomic mass is 19.4. The van der Waals surface area contributed by atoms with E-state index in [2.05, 4.69) is 10.3 Å². The molecular weight excluding hydrogens is 247 g/mol. The maximum absolute atomic E-state index is 12.0. The van der Waals surface area contributed by atoms with Gasteiger partial charge >= 0.3 is 6.18 Å². The highest BCUT2D eigenvalue weighted by Gasteiger charge is 2.26. The Balaban J connectivity index is 2.31. The smallest absolute Gasteiger partial charge is 0.383 e. The number of hydrogen-bond acceptors (Lipinski definition) is 3. The highest BCUT2D eigenvalue weighted by Crippen LogP contribution is 2.21. The standard InChI is InChI=1S/C11H18F3N3O/c1-18-8-5-15-9-10-16-4-7-17(10)6-2-3-11(12,13)14/h4,7,15H,2-3,5-6,8-9H2,1H3. The lowest BCUT2D eigenvalue weighted by Gasteiger charge is -2.10. The molecule has 0 saturated carbocycles. The van der Waals surface area contributed by atoms with Crippen LogP contribution in [0.25, 0.3) is 0 Å². The predicted octanol–water partition coefficient (Wildman–Crippen LogP) is 1.96. The van der Waals surface area contributed by atoms with Gasteiger partial charge in [0, 0.05) is 39.0 Å². The van der Waals surface area contributed by atoms with E-state index >= 15 is 0 Å². The van der Waals surface area contributed by atoms with E-state index in [1.54, 1.807) is 24.1 Å². The van der Waals surface area contributed by atoms with Gasteiger partial charge in [0.25, 0.3) is 0 Å². The fourth-order valence-corrected chi connectivity index (χ4v) is 1.54. The molecule has 0 radical (unpaired) electrons. The second-order valence-corrected chi connectivity index (χ2v) is 3.93. The Morgan fingerprint density at radius 1 is 1.44 bits per heavy atom. The molecule has 7 heteroatoms. The maximum atomic E-state index is 12.0. The van der Waals surface area contributed by atoms with E-state index in [0.717, 1.165) is 5.82 Å². The molecule has 0 saturated heterocycles. The quantitative estimate of drug-likeness (QED) is 0.730. The summed E-state index contributed by atoms with van der Waals surface area (Å²) < 4.78 is 42.7. The molecule has 1 heterocycles. The van der Waals surface area contributed by atoms with E-state index in [4.69, 9.17) is 4.74 Å². The molecule has 0 amide bonds. The summed E-state index contributed by atoms with van der Waals surface area (Å²) in [6.45, 7) is 2.14. The van der Waals surface area contributed by atoms with Gasteiger partial charge in [0.05, 0.1) is 13.2 Å². The van der Waals surface area contributed by atoms with E-state index in [-0.39, 0.29) is 6.42 Å². The van der Waals surface area contributed by atoms with Crippen LogP contribution in [0.2, 0.25) is 0 Å². The highest BCUT2D eigenvalue weighted by molar-refractivity contribution is 4.91. The monoisotopic (exact) mass is 265 g/mol. The number of aromatic nitrogens is 2. The van der Waals surface area contributed by atoms with Crippen LogP contribution in [0, 0.1) is 0 Å². The Hall–Kier alpha value is -1.08. The Labute approximate surface area is 104 Å². The number of nitrogens with one attached hydrogen (secondary N) is 1. The number of ether oxygens (including phenoxy) is 1. The van der Waals surface area contributed by atoms with Gasteiger partial charge in [0.15, 0.2) is 0 Å². The zero-order valence-corrected chi connectivity index (χ0v) is 10.3. The molecular formula is C11H18F3N3O. The van der Waals surface area contributed by atoms with Crippen molar-refractivity contribution in [2.75, 3.05) is 20.3 Å². The van der Waals surface area contributed by atoms with Crippen LogP contribution in [0.15, 0.2) is 12.4 Å². The average molecular weight is 265 g/mol.